The first-order chi connectivity index (χ1) is 12.0. The second-order valence-corrected chi connectivity index (χ2v) is 8.11. The second kappa shape index (κ2) is 7.64. The Balaban J connectivity index is 1.99. The Kier molecular flexibility index (Phi) is 5.51. The van der Waals surface area contributed by atoms with Crippen LogP contribution in [0.25, 0.3) is 10.2 Å². The van der Waals surface area contributed by atoms with Crippen molar-refractivity contribution in [2.24, 2.45) is 0 Å². The van der Waals surface area contributed by atoms with Gasteiger partial charge in [0, 0.05) is 23.1 Å². The lowest BCUT2D eigenvalue weighted by Gasteiger charge is -2.22. The number of rotatable bonds is 5. The van der Waals surface area contributed by atoms with E-state index in [1.54, 1.807) is 16.2 Å². The van der Waals surface area contributed by atoms with E-state index in [4.69, 9.17) is 4.98 Å². The monoisotopic (exact) mass is 417 g/mol. The number of benzene rings is 2. The number of hydrogen-bond donors (Lipinski definition) is 0. The van der Waals surface area contributed by atoms with Crippen LogP contribution in [0.1, 0.15) is 15.9 Å². The van der Waals surface area contributed by atoms with Gasteiger partial charge in [-0.3, -0.25) is 9.69 Å². The van der Waals surface area contributed by atoms with Crippen molar-refractivity contribution in [1.82, 2.24) is 9.88 Å². The Labute approximate surface area is 160 Å². The summed E-state index contributed by atoms with van der Waals surface area (Å²) in [4.78, 5) is 21.7. The first-order valence-electron chi connectivity index (χ1n) is 8.04. The zero-order valence-electron chi connectivity index (χ0n) is 14.5. The molecule has 0 bridgehead atoms. The Morgan fingerprint density at radius 3 is 2.48 bits per heavy atom. The summed E-state index contributed by atoms with van der Waals surface area (Å²) in [5.41, 5.74) is 2.77. The van der Waals surface area contributed by atoms with Crippen molar-refractivity contribution in [1.29, 1.82) is 0 Å². The van der Waals surface area contributed by atoms with E-state index in [-0.39, 0.29) is 5.91 Å². The lowest BCUT2D eigenvalue weighted by molar-refractivity contribution is 0.0985. The van der Waals surface area contributed by atoms with Gasteiger partial charge in [0.2, 0.25) is 0 Å². The largest absolute Gasteiger partial charge is 0.308 e. The van der Waals surface area contributed by atoms with Crippen LogP contribution in [0.15, 0.2) is 46.9 Å². The molecule has 4 nitrogen and oxygen atoms in total. The number of aromatic nitrogens is 1. The molecule has 0 spiro atoms. The lowest BCUT2D eigenvalue weighted by atomic mass is 10.2. The van der Waals surface area contributed by atoms with E-state index in [0.29, 0.717) is 12.1 Å². The molecule has 1 amide bonds. The minimum Gasteiger partial charge on any atom is -0.308 e. The van der Waals surface area contributed by atoms with Crippen molar-refractivity contribution < 1.29 is 4.79 Å². The van der Waals surface area contributed by atoms with Gasteiger partial charge < -0.3 is 4.90 Å². The maximum Gasteiger partial charge on any atom is 0.260 e. The van der Waals surface area contributed by atoms with Crippen molar-refractivity contribution in [2.75, 3.05) is 32.1 Å². The molecular weight excluding hydrogens is 398 g/mol. The Bertz CT molecular complexity index is 889. The van der Waals surface area contributed by atoms with Crippen molar-refractivity contribution in [2.45, 2.75) is 6.92 Å². The molecule has 0 aliphatic heterocycles. The number of likely N-dealkylation sites (N-methyl/N-ethyl adjacent to an activating group) is 1. The molecule has 3 aromatic rings. The number of nitrogens with zero attached hydrogens (tertiary/aromatic N) is 3. The molecule has 2 aromatic carbocycles. The van der Waals surface area contributed by atoms with Gasteiger partial charge in [0.15, 0.2) is 5.13 Å². The van der Waals surface area contributed by atoms with Gasteiger partial charge in [0.25, 0.3) is 5.91 Å². The number of fused-ring (bicyclic) bond motifs is 1. The van der Waals surface area contributed by atoms with Crippen molar-refractivity contribution >= 4 is 48.5 Å². The summed E-state index contributed by atoms with van der Waals surface area (Å²) < 4.78 is 2.06. The molecule has 0 unspecified atom stereocenters. The molecule has 0 atom stereocenters. The molecule has 25 heavy (non-hydrogen) atoms. The van der Waals surface area contributed by atoms with E-state index in [1.165, 1.54) is 0 Å². The zero-order chi connectivity index (χ0) is 18.0. The average Bonchev–Trinajstić information content (AvgIpc) is 3.00. The number of carbonyl (C=O) groups excluding carboxylic acids is 1. The van der Waals surface area contributed by atoms with E-state index < -0.39 is 0 Å². The van der Waals surface area contributed by atoms with Crippen LogP contribution in [0.2, 0.25) is 0 Å². The maximum absolute atomic E-state index is 13.1. The third-order valence-electron chi connectivity index (χ3n) is 3.95. The highest BCUT2D eigenvalue weighted by atomic mass is 79.9. The summed E-state index contributed by atoms with van der Waals surface area (Å²) in [6.45, 7) is 3.42. The van der Waals surface area contributed by atoms with Crippen molar-refractivity contribution in [3.05, 3.63) is 58.1 Å². The van der Waals surface area contributed by atoms with Gasteiger partial charge in [-0.2, -0.15) is 0 Å². The summed E-state index contributed by atoms with van der Waals surface area (Å²) in [6, 6.07) is 13.6. The third kappa shape index (κ3) is 4.08. The predicted octanol–water partition coefficient (Wildman–Crippen LogP) is 4.58. The molecule has 0 aliphatic rings. The van der Waals surface area contributed by atoms with Gasteiger partial charge in [-0.05, 0) is 56.9 Å². The summed E-state index contributed by atoms with van der Waals surface area (Å²) in [5.74, 6) is -0.0222. The van der Waals surface area contributed by atoms with Crippen LogP contribution in [0.5, 0.6) is 0 Å². The molecule has 0 saturated heterocycles. The maximum atomic E-state index is 13.1. The number of amides is 1. The number of halogens is 1. The van der Waals surface area contributed by atoms with Crippen molar-refractivity contribution in [3.63, 3.8) is 0 Å². The number of hydrogen-bond acceptors (Lipinski definition) is 4. The number of anilines is 1. The summed E-state index contributed by atoms with van der Waals surface area (Å²) in [5, 5.41) is 0.749. The van der Waals surface area contributed by atoms with Gasteiger partial charge in [-0.15, -0.1) is 0 Å². The van der Waals surface area contributed by atoms with Gasteiger partial charge in [-0.1, -0.05) is 39.4 Å². The fraction of sp³-hybridized carbons (Fsp3) is 0.263. The van der Waals surface area contributed by atoms with E-state index >= 15 is 0 Å². The fourth-order valence-corrected chi connectivity index (χ4v) is 3.85. The Hall–Kier alpha value is -1.76. The molecule has 130 valence electrons. The SMILES string of the molecule is Cc1cccc2sc(N(CCN(C)C)C(=O)c3ccc(Br)cc3)nc12. The van der Waals surface area contributed by atoms with E-state index in [0.717, 1.165) is 31.9 Å². The molecule has 1 heterocycles. The number of para-hydroxylation sites is 1. The quantitative estimate of drug-likeness (QED) is 0.609. The van der Waals surface area contributed by atoms with E-state index in [9.17, 15) is 4.79 Å². The fourth-order valence-electron chi connectivity index (χ4n) is 2.52. The van der Waals surface area contributed by atoms with Gasteiger partial charge in [0.05, 0.1) is 10.2 Å². The highest BCUT2D eigenvalue weighted by molar-refractivity contribution is 9.10. The van der Waals surface area contributed by atoms with Crippen LogP contribution in [0.3, 0.4) is 0 Å². The summed E-state index contributed by atoms with van der Waals surface area (Å²) in [7, 11) is 4.01. The highest BCUT2D eigenvalue weighted by Gasteiger charge is 2.21. The molecule has 6 heteroatoms. The molecule has 0 aliphatic carbocycles. The summed E-state index contributed by atoms with van der Waals surface area (Å²) in [6.07, 6.45) is 0. The molecule has 1 aromatic heterocycles. The van der Waals surface area contributed by atoms with Gasteiger partial charge >= 0.3 is 0 Å². The first kappa shape index (κ1) is 18.0. The van der Waals surface area contributed by atoms with Crippen LogP contribution in [0, 0.1) is 6.92 Å². The average molecular weight is 418 g/mol. The molecule has 0 radical (unpaired) electrons. The smallest absolute Gasteiger partial charge is 0.260 e. The number of carbonyl (C=O) groups is 1. The molecule has 3 rings (SSSR count). The molecule has 0 fully saturated rings. The Morgan fingerprint density at radius 1 is 1.12 bits per heavy atom. The topological polar surface area (TPSA) is 36.4 Å². The molecule has 0 saturated carbocycles. The van der Waals surface area contributed by atoms with Crippen molar-refractivity contribution in [3.8, 4) is 0 Å². The second-order valence-electron chi connectivity index (χ2n) is 6.19. The molecular formula is C19H20BrN3OS. The van der Waals surface area contributed by atoms with E-state index in [2.05, 4.69) is 26.9 Å². The standard InChI is InChI=1S/C19H20BrN3OS/c1-13-5-4-6-16-17(13)21-19(25-16)23(12-11-22(2)3)18(24)14-7-9-15(20)10-8-14/h4-10H,11-12H2,1-3H3. The van der Waals surface area contributed by atoms with Crippen LogP contribution in [-0.4, -0.2) is 43.0 Å². The van der Waals surface area contributed by atoms with Gasteiger partial charge in [-0.25, -0.2) is 4.98 Å². The van der Waals surface area contributed by atoms with Crippen LogP contribution in [-0.2, 0) is 0 Å². The first-order valence-corrected chi connectivity index (χ1v) is 9.65. The highest BCUT2D eigenvalue weighted by Crippen LogP contribution is 2.31. The third-order valence-corrected chi connectivity index (χ3v) is 5.52. The minimum atomic E-state index is -0.0222. The van der Waals surface area contributed by atoms with E-state index in [1.807, 2.05) is 57.4 Å². The summed E-state index contributed by atoms with van der Waals surface area (Å²) >= 11 is 4.98. The number of thiazole rings is 1. The van der Waals surface area contributed by atoms with Crippen LogP contribution in [0.4, 0.5) is 5.13 Å². The van der Waals surface area contributed by atoms with Crippen LogP contribution >= 0.6 is 27.3 Å². The van der Waals surface area contributed by atoms with Crippen LogP contribution < -0.4 is 4.90 Å². The van der Waals surface area contributed by atoms with Gasteiger partial charge in [0.1, 0.15) is 0 Å². The molecule has 0 N–H and O–H groups in total. The lowest BCUT2D eigenvalue weighted by Crippen LogP contribution is -2.36. The zero-order valence-corrected chi connectivity index (χ0v) is 16.9. The number of aryl methyl sites for hydroxylation is 1. The Morgan fingerprint density at radius 2 is 1.84 bits per heavy atom. The minimum absolute atomic E-state index is 0.0222. The predicted molar refractivity (Wildman–Crippen MR) is 109 cm³/mol. The normalized spacial score (nSPS) is 11.2.